The van der Waals surface area contributed by atoms with Crippen molar-refractivity contribution in [3.05, 3.63) is 102 Å². The number of benzene rings is 4. The van der Waals surface area contributed by atoms with E-state index in [1.807, 2.05) is 12.1 Å². The van der Waals surface area contributed by atoms with Crippen LogP contribution in [0.15, 0.2) is 91.0 Å². The molecule has 4 aromatic carbocycles. The molecule has 0 saturated heterocycles. The second kappa shape index (κ2) is 7.92. The molecule has 1 N–H and O–H groups in total. The van der Waals surface area contributed by atoms with Gasteiger partial charge >= 0.3 is 0 Å². The van der Waals surface area contributed by atoms with Gasteiger partial charge in [0.15, 0.2) is 0 Å². The summed E-state index contributed by atoms with van der Waals surface area (Å²) < 4.78 is 0. The predicted octanol–water partition coefficient (Wildman–Crippen LogP) is 8.74. The Bertz CT molecular complexity index is 1290. The van der Waals surface area contributed by atoms with Crippen LogP contribution in [0.3, 0.4) is 0 Å². The van der Waals surface area contributed by atoms with E-state index in [0.29, 0.717) is 5.75 Å². The summed E-state index contributed by atoms with van der Waals surface area (Å²) in [6, 6.07) is 32.0. The highest BCUT2D eigenvalue weighted by atomic mass is 16.3. The highest BCUT2D eigenvalue weighted by Gasteiger charge is 2.37. The molecule has 1 aliphatic carbocycles. The number of hydrogen-bond donors (Lipinski definition) is 1. The summed E-state index contributed by atoms with van der Waals surface area (Å²) in [7, 11) is 0. The number of hydrogen-bond acceptors (Lipinski definition) is 1. The summed E-state index contributed by atoms with van der Waals surface area (Å²) in [6.07, 6.45) is 2.42. The molecule has 1 aliphatic rings. The van der Waals surface area contributed by atoms with Gasteiger partial charge in [-0.3, -0.25) is 0 Å². The Kier molecular flexibility index (Phi) is 5.16. The lowest BCUT2D eigenvalue weighted by molar-refractivity contribution is 0.332. The maximum absolute atomic E-state index is 9.73. The fourth-order valence-electron chi connectivity index (χ4n) is 5.24. The summed E-state index contributed by atoms with van der Waals surface area (Å²) in [4.78, 5) is 0. The Hall–Kier alpha value is -3.32. The van der Waals surface area contributed by atoms with E-state index in [4.69, 9.17) is 0 Å². The van der Waals surface area contributed by atoms with Gasteiger partial charge in [0.25, 0.3) is 0 Å². The first-order valence-corrected chi connectivity index (χ1v) is 11.9. The molecular formula is C32H32O. The van der Waals surface area contributed by atoms with Crippen LogP contribution < -0.4 is 0 Å². The maximum Gasteiger partial charge on any atom is 0.115 e. The Morgan fingerprint density at radius 2 is 1.12 bits per heavy atom. The highest BCUT2D eigenvalue weighted by molar-refractivity contribution is 5.87. The third kappa shape index (κ3) is 3.97. The van der Waals surface area contributed by atoms with E-state index in [1.165, 1.54) is 46.2 Å². The van der Waals surface area contributed by atoms with Crippen molar-refractivity contribution in [1.29, 1.82) is 0 Å². The molecule has 4 aromatic rings. The van der Waals surface area contributed by atoms with Crippen LogP contribution in [0.5, 0.6) is 5.75 Å². The quantitative estimate of drug-likeness (QED) is 0.343. The largest absolute Gasteiger partial charge is 0.508 e. The van der Waals surface area contributed by atoms with Gasteiger partial charge in [-0.1, -0.05) is 100 Å². The van der Waals surface area contributed by atoms with E-state index in [2.05, 4.69) is 94.4 Å². The third-order valence-corrected chi connectivity index (χ3v) is 7.47. The van der Waals surface area contributed by atoms with E-state index in [1.54, 1.807) is 12.1 Å². The van der Waals surface area contributed by atoms with Crippen molar-refractivity contribution in [2.24, 2.45) is 0 Å². The van der Waals surface area contributed by atoms with Crippen LogP contribution in [0.4, 0.5) is 0 Å². The Morgan fingerprint density at radius 3 is 1.82 bits per heavy atom. The second-order valence-corrected chi connectivity index (χ2v) is 10.7. The highest BCUT2D eigenvalue weighted by Crippen LogP contribution is 2.47. The molecule has 0 spiro atoms. The normalized spacial score (nSPS) is 16.2. The molecule has 5 rings (SSSR count). The predicted molar refractivity (Wildman–Crippen MR) is 140 cm³/mol. The van der Waals surface area contributed by atoms with Gasteiger partial charge in [-0.25, -0.2) is 0 Å². The minimum Gasteiger partial charge on any atom is -0.508 e. The monoisotopic (exact) mass is 432 g/mol. The van der Waals surface area contributed by atoms with Gasteiger partial charge in [0, 0.05) is 0 Å². The van der Waals surface area contributed by atoms with Crippen molar-refractivity contribution in [2.45, 2.75) is 51.4 Å². The smallest absolute Gasteiger partial charge is 0.115 e. The maximum atomic E-state index is 9.73. The van der Waals surface area contributed by atoms with Crippen molar-refractivity contribution in [3.63, 3.8) is 0 Å². The first kappa shape index (κ1) is 21.5. The molecule has 166 valence electrons. The van der Waals surface area contributed by atoms with E-state index < -0.39 is 0 Å². The molecule has 1 nitrogen and oxygen atoms in total. The van der Waals surface area contributed by atoms with Crippen molar-refractivity contribution < 1.29 is 5.11 Å². The average Bonchev–Trinajstić information content (AvgIpc) is 2.83. The lowest BCUT2D eigenvalue weighted by atomic mass is 9.63. The summed E-state index contributed by atoms with van der Waals surface area (Å²) >= 11 is 0. The molecule has 33 heavy (non-hydrogen) atoms. The van der Waals surface area contributed by atoms with Crippen LogP contribution in [0.1, 0.15) is 51.7 Å². The minimum atomic E-state index is 0.169. The van der Waals surface area contributed by atoms with Gasteiger partial charge in [-0.05, 0) is 86.4 Å². The van der Waals surface area contributed by atoms with Gasteiger partial charge in [0.1, 0.15) is 5.75 Å². The summed E-state index contributed by atoms with van der Waals surface area (Å²) in [5.74, 6) is 0.291. The van der Waals surface area contributed by atoms with Crippen molar-refractivity contribution in [2.75, 3.05) is 0 Å². The molecule has 0 amide bonds. The standard InChI is InChI=1S/C32H32O/c1-31(2)18-19-32(3,4)30-21-25(13-17-29(30)31)28-20-24(22-10-14-26(33)15-11-22)12-16-27(28)23-8-6-5-7-9-23/h5-17,20-21,33H,18-19H2,1-4H3. The number of fused-ring (bicyclic) bond motifs is 1. The van der Waals surface area contributed by atoms with Gasteiger partial charge in [-0.15, -0.1) is 0 Å². The van der Waals surface area contributed by atoms with Crippen molar-refractivity contribution >= 4 is 0 Å². The van der Waals surface area contributed by atoms with Crippen molar-refractivity contribution in [3.8, 4) is 39.1 Å². The van der Waals surface area contributed by atoms with Crippen LogP contribution in [-0.4, -0.2) is 5.11 Å². The van der Waals surface area contributed by atoms with Gasteiger partial charge in [0.2, 0.25) is 0 Å². The van der Waals surface area contributed by atoms with E-state index >= 15 is 0 Å². The zero-order chi connectivity index (χ0) is 23.2. The van der Waals surface area contributed by atoms with Crippen LogP contribution in [0.2, 0.25) is 0 Å². The summed E-state index contributed by atoms with van der Waals surface area (Å²) in [6.45, 7) is 9.52. The molecule has 0 radical (unpaired) electrons. The molecule has 0 fully saturated rings. The summed E-state index contributed by atoms with van der Waals surface area (Å²) in [5.41, 5.74) is 10.6. The molecule has 0 bridgehead atoms. The first-order chi connectivity index (χ1) is 15.7. The topological polar surface area (TPSA) is 20.2 Å². The molecule has 0 aliphatic heterocycles. The summed E-state index contributed by atoms with van der Waals surface area (Å²) in [5, 5.41) is 9.73. The molecule has 0 saturated carbocycles. The van der Waals surface area contributed by atoms with Crippen LogP contribution in [0, 0.1) is 0 Å². The zero-order valence-corrected chi connectivity index (χ0v) is 20.0. The van der Waals surface area contributed by atoms with Gasteiger partial charge in [-0.2, -0.15) is 0 Å². The second-order valence-electron chi connectivity index (χ2n) is 10.7. The molecule has 0 unspecified atom stereocenters. The minimum absolute atomic E-state index is 0.169. The van der Waals surface area contributed by atoms with Crippen LogP contribution in [0.25, 0.3) is 33.4 Å². The lowest BCUT2D eigenvalue weighted by Crippen LogP contribution is -2.33. The molecule has 0 aromatic heterocycles. The van der Waals surface area contributed by atoms with E-state index in [-0.39, 0.29) is 10.8 Å². The number of rotatable bonds is 3. The number of aromatic hydroxyl groups is 1. The Balaban J connectivity index is 1.72. The lowest BCUT2D eigenvalue weighted by Gasteiger charge is -2.42. The molecule has 0 heterocycles. The Labute approximate surface area is 197 Å². The van der Waals surface area contributed by atoms with Crippen LogP contribution in [-0.2, 0) is 10.8 Å². The molecule has 1 heteroatoms. The van der Waals surface area contributed by atoms with E-state index in [9.17, 15) is 5.11 Å². The number of phenols is 1. The van der Waals surface area contributed by atoms with Crippen molar-refractivity contribution in [1.82, 2.24) is 0 Å². The van der Waals surface area contributed by atoms with Gasteiger partial charge in [0.05, 0.1) is 0 Å². The molecule has 0 atom stereocenters. The Morgan fingerprint density at radius 1 is 0.515 bits per heavy atom. The van der Waals surface area contributed by atoms with Gasteiger partial charge < -0.3 is 5.11 Å². The fraction of sp³-hybridized carbons (Fsp3) is 0.250. The zero-order valence-electron chi connectivity index (χ0n) is 20.0. The number of phenolic OH excluding ortho intramolecular Hbond substituents is 1. The average molecular weight is 433 g/mol. The van der Waals surface area contributed by atoms with E-state index in [0.717, 1.165) is 11.1 Å². The third-order valence-electron chi connectivity index (χ3n) is 7.47. The first-order valence-electron chi connectivity index (χ1n) is 11.9. The SMILES string of the molecule is CC1(C)CCC(C)(C)c2cc(-c3cc(-c4ccc(O)cc4)ccc3-c3ccccc3)ccc21. The fourth-order valence-corrected chi connectivity index (χ4v) is 5.24. The molecular weight excluding hydrogens is 400 g/mol. The van der Waals surface area contributed by atoms with Crippen LogP contribution >= 0.6 is 0 Å².